The Kier molecular flexibility index (Phi) is 3.09. The molecule has 0 bridgehead atoms. The number of piperidine rings is 1. The van der Waals surface area contributed by atoms with Crippen molar-refractivity contribution in [2.24, 2.45) is 0 Å². The lowest BCUT2D eigenvalue weighted by atomic mass is 10.0. The van der Waals surface area contributed by atoms with Gasteiger partial charge in [-0.2, -0.15) is 0 Å². The maximum atomic E-state index is 11.0. The average Bonchev–Trinajstić information content (AvgIpc) is 2.08. The second kappa shape index (κ2) is 4.10. The van der Waals surface area contributed by atoms with E-state index in [1.807, 2.05) is 13.0 Å². The standard InChI is InChI=1S/C10H15NO/c1-3-5-8-6-7-10(12)11-9(8)4-2/h4-5H,3,6-7H2,1-2H3,(H,11,12)/b8-5-,9-4+. The van der Waals surface area contributed by atoms with Crippen LogP contribution in [0, 0.1) is 0 Å². The van der Waals surface area contributed by atoms with Gasteiger partial charge in [0.1, 0.15) is 0 Å². The van der Waals surface area contributed by atoms with Crippen molar-refractivity contribution in [1.82, 2.24) is 5.32 Å². The van der Waals surface area contributed by atoms with Crippen LogP contribution in [-0.2, 0) is 4.79 Å². The fourth-order valence-electron chi connectivity index (χ4n) is 1.39. The molecule has 0 unspecified atom stereocenters. The minimum atomic E-state index is 0.136. The van der Waals surface area contributed by atoms with Crippen molar-refractivity contribution in [2.45, 2.75) is 33.1 Å². The van der Waals surface area contributed by atoms with Crippen LogP contribution in [0.5, 0.6) is 0 Å². The Morgan fingerprint density at radius 2 is 2.25 bits per heavy atom. The minimum Gasteiger partial charge on any atom is -0.326 e. The van der Waals surface area contributed by atoms with E-state index in [1.54, 1.807) is 0 Å². The van der Waals surface area contributed by atoms with E-state index in [0.717, 1.165) is 18.5 Å². The number of carbonyl (C=O) groups excluding carboxylic acids is 1. The summed E-state index contributed by atoms with van der Waals surface area (Å²) in [4.78, 5) is 11.0. The van der Waals surface area contributed by atoms with Gasteiger partial charge in [-0.15, -0.1) is 0 Å². The first kappa shape index (κ1) is 9.04. The van der Waals surface area contributed by atoms with Crippen LogP contribution in [0.15, 0.2) is 23.4 Å². The molecule has 1 fully saturated rings. The van der Waals surface area contributed by atoms with Gasteiger partial charge in [0, 0.05) is 12.1 Å². The van der Waals surface area contributed by atoms with Gasteiger partial charge in [0.25, 0.3) is 0 Å². The van der Waals surface area contributed by atoms with E-state index in [2.05, 4.69) is 18.3 Å². The molecule has 1 aliphatic heterocycles. The third-order valence-corrected chi connectivity index (χ3v) is 1.98. The maximum absolute atomic E-state index is 11.0. The Balaban J connectivity index is 2.77. The summed E-state index contributed by atoms with van der Waals surface area (Å²) in [5, 5.41) is 2.85. The van der Waals surface area contributed by atoms with Gasteiger partial charge >= 0.3 is 0 Å². The Hall–Kier alpha value is -1.05. The summed E-state index contributed by atoms with van der Waals surface area (Å²) in [6.45, 7) is 4.06. The van der Waals surface area contributed by atoms with Crippen molar-refractivity contribution < 1.29 is 4.79 Å². The van der Waals surface area contributed by atoms with Crippen molar-refractivity contribution in [2.75, 3.05) is 0 Å². The van der Waals surface area contributed by atoms with Crippen LogP contribution in [-0.4, -0.2) is 5.91 Å². The monoisotopic (exact) mass is 165 g/mol. The fourth-order valence-corrected chi connectivity index (χ4v) is 1.39. The topological polar surface area (TPSA) is 29.1 Å². The first-order chi connectivity index (χ1) is 5.77. The number of hydrogen-bond acceptors (Lipinski definition) is 1. The van der Waals surface area contributed by atoms with Crippen molar-refractivity contribution in [1.29, 1.82) is 0 Å². The first-order valence-corrected chi connectivity index (χ1v) is 4.43. The predicted octanol–water partition coefficient (Wildman–Crippen LogP) is 2.14. The van der Waals surface area contributed by atoms with Gasteiger partial charge in [-0.05, 0) is 25.3 Å². The third-order valence-electron chi connectivity index (χ3n) is 1.98. The van der Waals surface area contributed by atoms with Gasteiger partial charge in [-0.1, -0.05) is 19.1 Å². The summed E-state index contributed by atoms with van der Waals surface area (Å²) in [7, 11) is 0. The zero-order valence-corrected chi connectivity index (χ0v) is 7.68. The summed E-state index contributed by atoms with van der Waals surface area (Å²) in [6, 6.07) is 0. The predicted molar refractivity (Wildman–Crippen MR) is 49.5 cm³/mol. The molecule has 0 aromatic rings. The molecule has 1 aliphatic rings. The van der Waals surface area contributed by atoms with Crippen LogP contribution < -0.4 is 5.32 Å². The van der Waals surface area contributed by atoms with E-state index in [9.17, 15) is 4.79 Å². The number of nitrogens with one attached hydrogen (secondary N) is 1. The molecule has 1 amide bonds. The molecule has 12 heavy (non-hydrogen) atoms. The molecule has 0 radical (unpaired) electrons. The lowest BCUT2D eigenvalue weighted by Crippen LogP contribution is -2.28. The molecule has 0 saturated carbocycles. The van der Waals surface area contributed by atoms with Gasteiger partial charge in [-0.3, -0.25) is 4.79 Å². The summed E-state index contributed by atoms with van der Waals surface area (Å²) in [5.74, 6) is 0.136. The molecule has 66 valence electrons. The number of carbonyl (C=O) groups is 1. The van der Waals surface area contributed by atoms with Crippen LogP contribution in [0.4, 0.5) is 0 Å². The lowest BCUT2D eigenvalue weighted by molar-refractivity contribution is -0.120. The zero-order chi connectivity index (χ0) is 8.97. The minimum absolute atomic E-state index is 0.136. The maximum Gasteiger partial charge on any atom is 0.224 e. The number of rotatable bonds is 1. The van der Waals surface area contributed by atoms with Gasteiger partial charge in [0.05, 0.1) is 0 Å². The SMILES string of the molecule is C/C=C1/NC(=O)CC/C1=C/CC. The average molecular weight is 165 g/mol. The highest BCUT2D eigenvalue weighted by Gasteiger charge is 2.15. The largest absolute Gasteiger partial charge is 0.326 e. The van der Waals surface area contributed by atoms with Crippen LogP contribution in [0.25, 0.3) is 0 Å². The number of hydrogen-bond donors (Lipinski definition) is 1. The van der Waals surface area contributed by atoms with Crippen LogP contribution in [0.1, 0.15) is 33.1 Å². The van der Waals surface area contributed by atoms with Gasteiger partial charge in [-0.25, -0.2) is 0 Å². The molecule has 0 atom stereocenters. The Labute approximate surface area is 73.4 Å². The molecule has 1 heterocycles. The van der Waals surface area contributed by atoms with E-state index in [-0.39, 0.29) is 5.91 Å². The fraction of sp³-hybridized carbons (Fsp3) is 0.500. The quantitative estimate of drug-likeness (QED) is 0.633. The number of allylic oxidation sites excluding steroid dienone is 3. The van der Waals surface area contributed by atoms with Crippen LogP contribution in [0.2, 0.25) is 0 Å². The second-order valence-electron chi connectivity index (χ2n) is 2.89. The van der Waals surface area contributed by atoms with E-state index >= 15 is 0 Å². The van der Waals surface area contributed by atoms with Crippen LogP contribution >= 0.6 is 0 Å². The molecule has 0 spiro atoms. The summed E-state index contributed by atoms with van der Waals surface area (Å²) in [5.41, 5.74) is 2.27. The van der Waals surface area contributed by atoms with Crippen LogP contribution in [0.3, 0.4) is 0 Å². The molecule has 1 N–H and O–H groups in total. The highest BCUT2D eigenvalue weighted by atomic mass is 16.1. The molecule has 2 heteroatoms. The third kappa shape index (κ3) is 1.97. The van der Waals surface area contributed by atoms with E-state index in [0.29, 0.717) is 6.42 Å². The number of amides is 1. The van der Waals surface area contributed by atoms with E-state index in [1.165, 1.54) is 5.57 Å². The highest BCUT2D eigenvalue weighted by Crippen LogP contribution is 2.19. The Morgan fingerprint density at radius 3 is 2.83 bits per heavy atom. The second-order valence-corrected chi connectivity index (χ2v) is 2.89. The lowest BCUT2D eigenvalue weighted by Gasteiger charge is -2.18. The van der Waals surface area contributed by atoms with Gasteiger partial charge in [0.15, 0.2) is 0 Å². The first-order valence-electron chi connectivity index (χ1n) is 4.43. The van der Waals surface area contributed by atoms with Crippen molar-refractivity contribution in [3.63, 3.8) is 0 Å². The molecule has 0 aliphatic carbocycles. The molecule has 1 saturated heterocycles. The molecule has 2 nitrogen and oxygen atoms in total. The van der Waals surface area contributed by atoms with Crippen molar-refractivity contribution >= 4 is 5.91 Å². The molecular weight excluding hydrogens is 150 g/mol. The summed E-state index contributed by atoms with van der Waals surface area (Å²) < 4.78 is 0. The van der Waals surface area contributed by atoms with Gasteiger partial charge < -0.3 is 5.32 Å². The molecule has 0 aromatic carbocycles. The Morgan fingerprint density at radius 1 is 1.50 bits per heavy atom. The zero-order valence-electron chi connectivity index (χ0n) is 7.68. The smallest absolute Gasteiger partial charge is 0.224 e. The van der Waals surface area contributed by atoms with Crippen molar-refractivity contribution in [3.05, 3.63) is 23.4 Å². The summed E-state index contributed by atoms with van der Waals surface area (Å²) >= 11 is 0. The molecular formula is C10H15NO. The molecule has 1 rings (SSSR count). The van der Waals surface area contributed by atoms with E-state index < -0.39 is 0 Å². The van der Waals surface area contributed by atoms with Gasteiger partial charge in [0.2, 0.25) is 5.91 Å². The van der Waals surface area contributed by atoms with Crippen molar-refractivity contribution in [3.8, 4) is 0 Å². The summed E-state index contributed by atoms with van der Waals surface area (Å²) in [6.07, 6.45) is 6.68. The molecule has 0 aromatic heterocycles. The van der Waals surface area contributed by atoms with E-state index in [4.69, 9.17) is 0 Å². The Bertz CT molecular complexity index is 238. The normalized spacial score (nSPS) is 24.7. The highest BCUT2D eigenvalue weighted by molar-refractivity contribution is 5.81.